The molecule has 88 valence electrons. The number of rotatable bonds is 9. The minimum atomic E-state index is -0.0298. The van der Waals surface area contributed by atoms with Crippen LogP contribution in [-0.2, 0) is 14.3 Å². The minimum Gasteiger partial charge on any atom is -0.382 e. The molecule has 0 aliphatic rings. The Labute approximate surface area is 91.6 Å². The molecule has 0 aromatic heterocycles. The van der Waals surface area contributed by atoms with Crippen molar-refractivity contribution in [1.82, 2.24) is 5.32 Å². The summed E-state index contributed by atoms with van der Waals surface area (Å²) in [6, 6.07) is 0. The Morgan fingerprint density at radius 2 is 2.07 bits per heavy atom. The van der Waals surface area contributed by atoms with Crippen LogP contribution < -0.4 is 5.32 Å². The van der Waals surface area contributed by atoms with Gasteiger partial charge >= 0.3 is 0 Å². The number of hydrogen-bond donors (Lipinski definition) is 1. The topological polar surface area (TPSA) is 47.6 Å². The van der Waals surface area contributed by atoms with Crippen molar-refractivity contribution in [2.45, 2.75) is 19.8 Å². The smallest absolute Gasteiger partial charge is 0.243 e. The van der Waals surface area contributed by atoms with Crippen LogP contribution in [0.5, 0.6) is 0 Å². The molecule has 4 heteroatoms. The Kier molecular flexibility index (Phi) is 10.6. The van der Waals surface area contributed by atoms with E-state index in [1.54, 1.807) is 13.2 Å². The van der Waals surface area contributed by atoms with E-state index in [2.05, 4.69) is 5.32 Å². The lowest BCUT2D eigenvalue weighted by Gasteiger charge is -2.04. The maximum atomic E-state index is 11.0. The van der Waals surface area contributed by atoms with Gasteiger partial charge in [0.2, 0.25) is 5.91 Å². The summed E-state index contributed by atoms with van der Waals surface area (Å²) in [5.74, 6) is -0.0298. The Morgan fingerprint density at radius 3 is 2.73 bits per heavy atom. The van der Waals surface area contributed by atoms with Gasteiger partial charge in [-0.05, 0) is 25.8 Å². The zero-order chi connectivity index (χ0) is 11.4. The van der Waals surface area contributed by atoms with Crippen LogP contribution in [0.3, 0.4) is 0 Å². The molecule has 0 saturated carbocycles. The maximum absolute atomic E-state index is 11.0. The van der Waals surface area contributed by atoms with Crippen molar-refractivity contribution in [2.75, 3.05) is 33.5 Å². The molecular weight excluding hydrogens is 194 g/mol. The first kappa shape index (κ1) is 14.1. The van der Waals surface area contributed by atoms with Gasteiger partial charge in [0.1, 0.15) is 0 Å². The molecule has 0 aromatic rings. The predicted octanol–water partition coefficient (Wildman–Crippen LogP) is 1.12. The number of amides is 1. The van der Waals surface area contributed by atoms with E-state index in [9.17, 15) is 4.79 Å². The van der Waals surface area contributed by atoms with Gasteiger partial charge in [0.15, 0.2) is 0 Å². The lowest BCUT2D eigenvalue weighted by Crippen LogP contribution is -2.22. The summed E-state index contributed by atoms with van der Waals surface area (Å²) in [5.41, 5.74) is 0. The van der Waals surface area contributed by atoms with E-state index in [-0.39, 0.29) is 5.91 Å². The summed E-state index contributed by atoms with van der Waals surface area (Å²) in [5, 5.41) is 2.78. The average Bonchev–Trinajstić information content (AvgIpc) is 2.22. The summed E-state index contributed by atoms with van der Waals surface area (Å²) in [6.45, 7) is 4.53. The predicted molar refractivity (Wildman–Crippen MR) is 59.8 cm³/mol. The first-order chi connectivity index (χ1) is 7.31. The van der Waals surface area contributed by atoms with E-state index in [0.717, 1.165) is 19.4 Å². The van der Waals surface area contributed by atoms with E-state index in [0.29, 0.717) is 19.8 Å². The van der Waals surface area contributed by atoms with Crippen LogP contribution in [0.15, 0.2) is 12.2 Å². The van der Waals surface area contributed by atoms with Crippen molar-refractivity contribution in [3.8, 4) is 0 Å². The summed E-state index contributed by atoms with van der Waals surface area (Å²) < 4.78 is 10.1. The first-order valence-corrected chi connectivity index (χ1v) is 5.28. The second kappa shape index (κ2) is 11.2. The van der Waals surface area contributed by atoms with Crippen LogP contribution in [0.2, 0.25) is 0 Å². The van der Waals surface area contributed by atoms with E-state index < -0.39 is 0 Å². The number of carbonyl (C=O) groups excluding carboxylic acids is 1. The molecule has 0 saturated heterocycles. The normalized spacial score (nSPS) is 10.8. The molecule has 0 spiro atoms. The zero-order valence-electron chi connectivity index (χ0n) is 9.62. The van der Waals surface area contributed by atoms with Crippen LogP contribution in [0.25, 0.3) is 0 Å². The van der Waals surface area contributed by atoms with Crippen LogP contribution >= 0.6 is 0 Å². The molecule has 15 heavy (non-hydrogen) atoms. The Balaban J connectivity index is 3.08. The van der Waals surface area contributed by atoms with E-state index in [4.69, 9.17) is 9.47 Å². The fourth-order valence-corrected chi connectivity index (χ4v) is 0.995. The minimum absolute atomic E-state index is 0.0298. The van der Waals surface area contributed by atoms with Gasteiger partial charge in [-0.2, -0.15) is 0 Å². The van der Waals surface area contributed by atoms with Gasteiger partial charge in [-0.1, -0.05) is 6.08 Å². The van der Waals surface area contributed by atoms with Gasteiger partial charge in [0, 0.05) is 20.3 Å². The summed E-state index contributed by atoms with van der Waals surface area (Å²) in [7, 11) is 1.65. The molecule has 0 bridgehead atoms. The lowest BCUT2D eigenvalue weighted by molar-refractivity contribution is -0.116. The number of nitrogens with one attached hydrogen (secondary N) is 1. The fraction of sp³-hybridized carbons (Fsp3) is 0.727. The number of ether oxygens (including phenoxy) is 2. The van der Waals surface area contributed by atoms with Crippen molar-refractivity contribution in [1.29, 1.82) is 0 Å². The van der Waals surface area contributed by atoms with Crippen LogP contribution in [0.1, 0.15) is 19.8 Å². The van der Waals surface area contributed by atoms with Gasteiger partial charge < -0.3 is 14.8 Å². The van der Waals surface area contributed by atoms with Gasteiger partial charge in [-0.3, -0.25) is 4.79 Å². The molecule has 0 aliphatic carbocycles. The fourth-order valence-electron chi connectivity index (χ4n) is 0.995. The molecule has 4 nitrogen and oxygen atoms in total. The molecule has 0 aromatic carbocycles. The lowest BCUT2D eigenvalue weighted by atomic mass is 10.3. The highest BCUT2D eigenvalue weighted by molar-refractivity contribution is 5.87. The molecule has 0 unspecified atom stereocenters. The Hall–Kier alpha value is -0.870. The van der Waals surface area contributed by atoms with Gasteiger partial charge in [0.25, 0.3) is 0 Å². The third kappa shape index (κ3) is 11.1. The highest BCUT2D eigenvalue weighted by atomic mass is 16.5. The van der Waals surface area contributed by atoms with Gasteiger partial charge in [-0.15, -0.1) is 0 Å². The molecule has 1 amide bonds. The Bertz CT molecular complexity index is 181. The monoisotopic (exact) mass is 215 g/mol. The van der Waals surface area contributed by atoms with Crippen molar-refractivity contribution in [3.05, 3.63) is 12.2 Å². The Morgan fingerprint density at radius 1 is 1.27 bits per heavy atom. The van der Waals surface area contributed by atoms with Crippen molar-refractivity contribution in [2.24, 2.45) is 0 Å². The second-order valence-electron chi connectivity index (χ2n) is 3.10. The van der Waals surface area contributed by atoms with Gasteiger partial charge in [0.05, 0.1) is 13.2 Å². The maximum Gasteiger partial charge on any atom is 0.243 e. The summed E-state index contributed by atoms with van der Waals surface area (Å²) in [6.07, 6.45) is 5.15. The molecule has 0 heterocycles. The molecule has 0 fully saturated rings. The van der Waals surface area contributed by atoms with Crippen molar-refractivity contribution >= 4 is 5.91 Å². The van der Waals surface area contributed by atoms with E-state index >= 15 is 0 Å². The highest BCUT2D eigenvalue weighted by Crippen LogP contribution is 1.89. The first-order valence-electron chi connectivity index (χ1n) is 5.28. The van der Waals surface area contributed by atoms with Crippen LogP contribution in [-0.4, -0.2) is 39.4 Å². The molecular formula is C11H21NO3. The number of unbranched alkanes of at least 4 members (excludes halogenated alkanes) is 1. The number of hydrogen-bond acceptors (Lipinski definition) is 3. The quantitative estimate of drug-likeness (QED) is 0.463. The second-order valence-corrected chi connectivity index (χ2v) is 3.10. The zero-order valence-corrected chi connectivity index (χ0v) is 9.62. The molecule has 0 rings (SSSR count). The number of methoxy groups -OCH3 is 1. The number of allylic oxidation sites excluding steroid dienone is 1. The molecule has 0 radical (unpaired) electrons. The summed E-state index contributed by atoms with van der Waals surface area (Å²) >= 11 is 0. The highest BCUT2D eigenvalue weighted by Gasteiger charge is 1.93. The number of carbonyl (C=O) groups is 1. The van der Waals surface area contributed by atoms with Crippen molar-refractivity contribution < 1.29 is 14.3 Å². The third-order valence-corrected chi connectivity index (χ3v) is 1.76. The molecule has 1 N–H and O–H groups in total. The van der Waals surface area contributed by atoms with Crippen LogP contribution in [0.4, 0.5) is 0 Å². The summed E-state index contributed by atoms with van der Waals surface area (Å²) in [4.78, 5) is 11.0. The van der Waals surface area contributed by atoms with Crippen LogP contribution in [0, 0.1) is 0 Å². The largest absolute Gasteiger partial charge is 0.382 e. The third-order valence-electron chi connectivity index (χ3n) is 1.76. The van der Waals surface area contributed by atoms with E-state index in [1.807, 2.05) is 6.92 Å². The standard InChI is InChI=1S/C11H21NO3/c1-3-6-11(13)12-7-4-5-8-15-10-9-14-2/h3,6H,4-5,7-10H2,1-2H3,(H,12,13)/b6-3+. The molecule has 0 aliphatic heterocycles. The molecule has 0 atom stereocenters. The SMILES string of the molecule is C/C=C/C(=O)NCCCCOCCOC. The van der Waals surface area contributed by atoms with Crippen molar-refractivity contribution in [3.63, 3.8) is 0 Å². The van der Waals surface area contributed by atoms with E-state index in [1.165, 1.54) is 6.08 Å². The average molecular weight is 215 g/mol. The van der Waals surface area contributed by atoms with Gasteiger partial charge in [-0.25, -0.2) is 0 Å².